The van der Waals surface area contributed by atoms with Crippen LogP contribution in [0.3, 0.4) is 0 Å². The maximum Gasteiger partial charge on any atom is 0.225 e. The first kappa shape index (κ1) is 22.4. The summed E-state index contributed by atoms with van der Waals surface area (Å²) >= 11 is 0. The molecule has 6 nitrogen and oxygen atoms in total. The lowest BCUT2D eigenvalue weighted by Gasteiger charge is -2.64. The van der Waals surface area contributed by atoms with Crippen LogP contribution < -0.4 is 4.74 Å². The summed E-state index contributed by atoms with van der Waals surface area (Å²) in [6.07, 6.45) is 9.09. The normalized spacial score (nSPS) is 37.1. The highest BCUT2D eigenvalue weighted by atomic mass is 16.5. The van der Waals surface area contributed by atoms with Gasteiger partial charge in [0.25, 0.3) is 0 Å². The van der Waals surface area contributed by atoms with Gasteiger partial charge in [0.05, 0.1) is 17.1 Å². The molecular formula is C28H38N2O4. The highest BCUT2D eigenvalue weighted by Crippen LogP contribution is 2.65. The molecule has 2 heterocycles. The fourth-order valence-corrected chi connectivity index (χ4v) is 8.53. The van der Waals surface area contributed by atoms with Gasteiger partial charge in [0, 0.05) is 31.1 Å². The minimum atomic E-state index is -0.956. The maximum atomic E-state index is 13.6. The molecule has 6 rings (SSSR count). The van der Waals surface area contributed by atoms with Crippen LogP contribution in [0.15, 0.2) is 24.8 Å². The molecule has 2 bridgehead atoms. The van der Waals surface area contributed by atoms with E-state index < -0.39 is 11.0 Å². The van der Waals surface area contributed by atoms with Crippen molar-refractivity contribution in [3.8, 4) is 11.5 Å². The highest BCUT2D eigenvalue weighted by molar-refractivity contribution is 5.79. The summed E-state index contributed by atoms with van der Waals surface area (Å²) in [6.45, 7) is 7.62. The number of phenols is 1. The minimum absolute atomic E-state index is 0.00657. The van der Waals surface area contributed by atoms with E-state index in [1.54, 1.807) is 6.07 Å². The van der Waals surface area contributed by atoms with E-state index in [0.29, 0.717) is 24.5 Å². The fourth-order valence-electron chi connectivity index (χ4n) is 8.53. The summed E-state index contributed by atoms with van der Waals surface area (Å²) in [7, 11) is 1.93. The summed E-state index contributed by atoms with van der Waals surface area (Å²) < 4.78 is 6.62. The van der Waals surface area contributed by atoms with Gasteiger partial charge < -0.3 is 19.8 Å². The Morgan fingerprint density at radius 1 is 1.32 bits per heavy atom. The number of carbonyl (C=O) groups excluding carboxylic acids is 1. The van der Waals surface area contributed by atoms with Crippen LogP contribution in [-0.2, 0) is 16.6 Å². The van der Waals surface area contributed by atoms with Gasteiger partial charge in [-0.2, -0.15) is 0 Å². The van der Waals surface area contributed by atoms with Crippen molar-refractivity contribution in [3.63, 3.8) is 0 Å². The quantitative estimate of drug-likeness (QED) is 0.651. The van der Waals surface area contributed by atoms with E-state index in [9.17, 15) is 15.0 Å². The maximum absolute atomic E-state index is 13.6. The SMILES string of the molecule is C=CCN1CC[C@]23c4c5ccc(O)c4O[C@H]2[C@@H](N(C)C(=O)C(C)C2CCCC2)CCC3(O)[C@H]1C5. The zero-order valence-electron chi connectivity index (χ0n) is 20.5. The number of likely N-dealkylation sites (tertiary alicyclic amines) is 1. The molecule has 184 valence electrons. The van der Waals surface area contributed by atoms with Crippen LogP contribution in [0.25, 0.3) is 0 Å². The number of phenolic OH excluding ortho intramolecular Hbond substituents is 1. The smallest absolute Gasteiger partial charge is 0.225 e. The van der Waals surface area contributed by atoms with E-state index in [-0.39, 0.29) is 35.8 Å². The van der Waals surface area contributed by atoms with Crippen LogP contribution in [0.4, 0.5) is 0 Å². The average molecular weight is 467 g/mol. The Kier molecular flexibility index (Phi) is 5.09. The first-order valence-electron chi connectivity index (χ1n) is 13.2. The van der Waals surface area contributed by atoms with Gasteiger partial charge in [-0.05, 0) is 62.6 Å². The van der Waals surface area contributed by atoms with E-state index in [0.717, 1.165) is 49.9 Å². The number of aromatic hydroxyl groups is 1. The summed E-state index contributed by atoms with van der Waals surface area (Å²) in [5.74, 6) is 1.34. The van der Waals surface area contributed by atoms with Crippen molar-refractivity contribution in [1.82, 2.24) is 9.80 Å². The molecule has 34 heavy (non-hydrogen) atoms. The second kappa shape index (κ2) is 7.72. The van der Waals surface area contributed by atoms with Crippen LogP contribution >= 0.6 is 0 Å². The molecule has 2 unspecified atom stereocenters. The zero-order chi connectivity index (χ0) is 23.8. The number of rotatable bonds is 5. The molecule has 1 spiro atoms. The molecule has 3 fully saturated rings. The number of ether oxygens (including phenoxy) is 1. The van der Waals surface area contributed by atoms with Crippen molar-refractivity contribution >= 4 is 5.91 Å². The molecule has 6 heteroatoms. The van der Waals surface area contributed by atoms with Gasteiger partial charge in [-0.15, -0.1) is 6.58 Å². The predicted octanol–water partition coefficient (Wildman–Crippen LogP) is 3.39. The van der Waals surface area contributed by atoms with Gasteiger partial charge in [0.1, 0.15) is 6.10 Å². The third-order valence-corrected chi connectivity index (χ3v) is 10.2. The zero-order valence-corrected chi connectivity index (χ0v) is 20.5. The molecule has 1 aromatic carbocycles. The largest absolute Gasteiger partial charge is 0.504 e. The summed E-state index contributed by atoms with van der Waals surface area (Å²) in [4.78, 5) is 17.9. The third kappa shape index (κ3) is 2.73. The first-order valence-corrected chi connectivity index (χ1v) is 13.2. The number of amides is 1. The molecule has 0 aromatic heterocycles. The molecule has 1 saturated heterocycles. The monoisotopic (exact) mass is 466 g/mol. The second-order valence-corrected chi connectivity index (χ2v) is 11.5. The van der Waals surface area contributed by atoms with Crippen LogP contribution in [0.2, 0.25) is 0 Å². The molecule has 1 aromatic rings. The third-order valence-electron chi connectivity index (χ3n) is 10.2. The van der Waals surface area contributed by atoms with Gasteiger partial charge in [0.15, 0.2) is 11.5 Å². The van der Waals surface area contributed by atoms with Gasteiger partial charge >= 0.3 is 0 Å². The predicted molar refractivity (Wildman–Crippen MR) is 130 cm³/mol. The number of nitrogens with zero attached hydrogens (tertiary/aromatic N) is 2. The molecular weight excluding hydrogens is 428 g/mol. The Balaban J connectivity index is 1.41. The lowest BCUT2D eigenvalue weighted by Crippen LogP contribution is -2.78. The van der Waals surface area contributed by atoms with E-state index in [2.05, 4.69) is 18.4 Å². The van der Waals surface area contributed by atoms with E-state index in [4.69, 9.17) is 4.74 Å². The topological polar surface area (TPSA) is 73.2 Å². The Hall–Kier alpha value is -2.05. The van der Waals surface area contributed by atoms with Crippen LogP contribution in [0.1, 0.15) is 63.0 Å². The molecule has 2 aliphatic heterocycles. The second-order valence-electron chi connectivity index (χ2n) is 11.5. The number of carbonyl (C=O) groups is 1. The van der Waals surface area contributed by atoms with Crippen LogP contribution in [0.5, 0.6) is 11.5 Å². The molecule has 2 N–H and O–H groups in total. The molecule has 6 atom stereocenters. The molecule has 0 radical (unpaired) electrons. The summed E-state index contributed by atoms with van der Waals surface area (Å²) in [5, 5.41) is 23.3. The first-order chi connectivity index (χ1) is 16.3. The summed E-state index contributed by atoms with van der Waals surface area (Å²) in [5.41, 5.74) is 0.601. The van der Waals surface area contributed by atoms with Gasteiger partial charge in [-0.1, -0.05) is 31.9 Å². The van der Waals surface area contributed by atoms with E-state index in [1.807, 2.05) is 24.1 Å². The van der Waals surface area contributed by atoms with Crippen LogP contribution in [-0.4, -0.2) is 69.8 Å². The Morgan fingerprint density at radius 3 is 2.82 bits per heavy atom. The molecule has 2 saturated carbocycles. The van der Waals surface area contributed by atoms with Crippen molar-refractivity contribution in [2.45, 2.75) is 87.5 Å². The fraction of sp³-hybridized carbons (Fsp3) is 0.679. The number of hydrogen-bond donors (Lipinski definition) is 2. The highest BCUT2D eigenvalue weighted by Gasteiger charge is 2.73. The van der Waals surface area contributed by atoms with Gasteiger partial charge in [-0.25, -0.2) is 0 Å². The Bertz CT molecular complexity index is 1020. The van der Waals surface area contributed by atoms with Gasteiger partial charge in [-0.3, -0.25) is 9.69 Å². The Labute approximate surface area is 202 Å². The lowest BCUT2D eigenvalue weighted by molar-refractivity contribution is -0.199. The van der Waals surface area contributed by atoms with Crippen molar-refractivity contribution in [1.29, 1.82) is 0 Å². The van der Waals surface area contributed by atoms with Crippen molar-refractivity contribution in [2.24, 2.45) is 11.8 Å². The minimum Gasteiger partial charge on any atom is -0.504 e. The molecule has 5 aliphatic rings. The number of benzene rings is 1. The number of aliphatic hydroxyl groups is 1. The van der Waals surface area contributed by atoms with Crippen molar-refractivity contribution in [3.05, 3.63) is 35.9 Å². The number of hydrogen-bond acceptors (Lipinski definition) is 5. The van der Waals surface area contributed by atoms with Crippen molar-refractivity contribution < 1.29 is 19.7 Å². The van der Waals surface area contributed by atoms with E-state index >= 15 is 0 Å². The molecule has 1 amide bonds. The van der Waals surface area contributed by atoms with Crippen molar-refractivity contribution in [2.75, 3.05) is 20.1 Å². The standard InChI is InChI=1S/C28H38N2O4/c1-4-14-30-15-13-27-23-19-9-10-21(31)24(23)34-25(27)20(11-12-28(27,33)22(30)16-19)29(3)26(32)17(2)18-7-5-6-8-18/h4,9-10,17-18,20,22,25,31,33H,1,5-8,11-16H2,2-3H3/t17?,20-,22+,25-,27-,28?/m0/s1. The Morgan fingerprint density at radius 2 is 2.09 bits per heavy atom. The number of likely N-dealkylation sites (N-methyl/N-ethyl adjacent to an activating group) is 1. The van der Waals surface area contributed by atoms with Gasteiger partial charge in [0.2, 0.25) is 5.91 Å². The summed E-state index contributed by atoms with van der Waals surface area (Å²) in [6, 6.07) is 3.59. The molecule has 3 aliphatic carbocycles. The van der Waals surface area contributed by atoms with Crippen LogP contribution in [0, 0.1) is 11.8 Å². The number of piperidine rings is 1. The van der Waals surface area contributed by atoms with E-state index in [1.165, 1.54) is 12.8 Å². The lowest BCUT2D eigenvalue weighted by atomic mass is 9.48. The average Bonchev–Trinajstić information content (AvgIpc) is 3.47.